The SMILES string of the molecule is O=C(O)CC(c1ccccc1)n1cnc2ccc(NC(=O)c3ccccc3)cc21. The fourth-order valence-corrected chi connectivity index (χ4v) is 3.36. The Morgan fingerprint density at radius 1 is 0.966 bits per heavy atom. The van der Waals surface area contributed by atoms with Crippen LogP contribution in [0.2, 0.25) is 0 Å². The van der Waals surface area contributed by atoms with E-state index in [2.05, 4.69) is 10.3 Å². The molecule has 1 unspecified atom stereocenters. The molecular weight excluding hydrogens is 366 g/mol. The Balaban J connectivity index is 1.70. The van der Waals surface area contributed by atoms with Crippen molar-refractivity contribution in [1.82, 2.24) is 9.55 Å². The van der Waals surface area contributed by atoms with Gasteiger partial charge in [-0.1, -0.05) is 48.5 Å². The Labute approximate surface area is 167 Å². The summed E-state index contributed by atoms with van der Waals surface area (Å²) in [6.45, 7) is 0. The molecule has 3 aromatic carbocycles. The summed E-state index contributed by atoms with van der Waals surface area (Å²) in [6.07, 6.45) is 1.57. The average Bonchev–Trinajstić information content (AvgIpc) is 3.16. The van der Waals surface area contributed by atoms with Crippen molar-refractivity contribution in [3.05, 3.63) is 96.3 Å². The van der Waals surface area contributed by atoms with Crippen LogP contribution in [0.5, 0.6) is 0 Å². The van der Waals surface area contributed by atoms with Crippen molar-refractivity contribution in [1.29, 1.82) is 0 Å². The molecule has 0 aliphatic carbocycles. The average molecular weight is 385 g/mol. The molecule has 0 aliphatic rings. The first kappa shape index (κ1) is 18.4. The molecule has 144 valence electrons. The second-order valence-corrected chi connectivity index (χ2v) is 6.70. The number of amides is 1. The molecule has 0 saturated carbocycles. The van der Waals surface area contributed by atoms with Crippen LogP contribution >= 0.6 is 0 Å². The molecule has 29 heavy (non-hydrogen) atoms. The molecule has 1 heterocycles. The van der Waals surface area contributed by atoms with Crippen LogP contribution in [0.1, 0.15) is 28.4 Å². The van der Waals surface area contributed by atoms with E-state index < -0.39 is 12.0 Å². The Kier molecular flexibility index (Phi) is 5.07. The topological polar surface area (TPSA) is 84.2 Å². The van der Waals surface area contributed by atoms with Crippen LogP contribution < -0.4 is 5.32 Å². The van der Waals surface area contributed by atoms with Crippen molar-refractivity contribution in [2.45, 2.75) is 12.5 Å². The van der Waals surface area contributed by atoms with E-state index in [1.807, 2.05) is 65.2 Å². The molecule has 0 fully saturated rings. The summed E-state index contributed by atoms with van der Waals surface area (Å²) < 4.78 is 1.84. The lowest BCUT2D eigenvalue weighted by Crippen LogP contribution is -2.15. The summed E-state index contributed by atoms with van der Waals surface area (Å²) in [7, 11) is 0. The first-order valence-corrected chi connectivity index (χ1v) is 9.21. The van der Waals surface area contributed by atoms with Crippen molar-refractivity contribution in [2.24, 2.45) is 0 Å². The van der Waals surface area contributed by atoms with E-state index in [0.29, 0.717) is 11.3 Å². The standard InChI is InChI=1S/C23H19N3O3/c27-22(28)14-20(16-7-3-1-4-8-16)26-15-24-19-12-11-18(13-21(19)26)25-23(29)17-9-5-2-6-10-17/h1-13,15,20H,14H2,(H,25,29)(H,27,28). The molecule has 4 rings (SSSR count). The van der Waals surface area contributed by atoms with Gasteiger partial charge in [-0.05, 0) is 35.9 Å². The highest BCUT2D eigenvalue weighted by molar-refractivity contribution is 6.04. The number of anilines is 1. The summed E-state index contributed by atoms with van der Waals surface area (Å²) in [6, 6.07) is 23.5. The van der Waals surface area contributed by atoms with Crippen molar-refractivity contribution >= 4 is 28.6 Å². The van der Waals surface area contributed by atoms with Gasteiger partial charge in [-0.3, -0.25) is 9.59 Å². The van der Waals surface area contributed by atoms with Crippen LogP contribution in [0.3, 0.4) is 0 Å². The van der Waals surface area contributed by atoms with Gasteiger partial charge in [0.25, 0.3) is 5.91 Å². The van der Waals surface area contributed by atoms with E-state index in [1.165, 1.54) is 0 Å². The minimum absolute atomic E-state index is 0.0733. The third kappa shape index (κ3) is 4.01. The van der Waals surface area contributed by atoms with E-state index in [9.17, 15) is 14.7 Å². The number of carboxylic acids is 1. The molecule has 4 aromatic rings. The van der Waals surface area contributed by atoms with Crippen LogP contribution in [0.25, 0.3) is 11.0 Å². The third-order valence-electron chi connectivity index (χ3n) is 4.76. The third-order valence-corrected chi connectivity index (χ3v) is 4.76. The molecule has 0 spiro atoms. The normalized spacial score (nSPS) is 11.9. The van der Waals surface area contributed by atoms with Gasteiger partial charge in [0.15, 0.2) is 0 Å². The summed E-state index contributed by atoms with van der Waals surface area (Å²) in [4.78, 5) is 28.4. The maximum Gasteiger partial charge on any atom is 0.305 e. The quantitative estimate of drug-likeness (QED) is 0.517. The van der Waals surface area contributed by atoms with E-state index in [-0.39, 0.29) is 12.3 Å². The number of nitrogens with zero attached hydrogens (tertiary/aromatic N) is 2. The fourth-order valence-electron chi connectivity index (χ4n) is 3.36. The van der Waals surface area contributed by atoms with Gasteiger partial charge < -0.3 is 15.0 Å². The molecule has 0 aliphatic heterocycles. The number of hydrogen-bond donors (Lipinski definition) is 2. The number of imidazole rings is 1. The number of rotatable bonds is 6. The molecule has 0 radical (unpaired) electrons. The van der Waals surface area contributed by atoms with Gasteiger partial charge in [0.2, 0.25) is 0 Å². The van der Waals surface area contributed by atoms with Crippen LogP contribution in [0.4, 0.5) is 5.69 Å². The van der Waals surface area contributed by atoms with Gasteiger partial charge in [-0.15, -0.1) is 0 Å². The lowest BCUT2D eigenvalue weighted by molar-refractivity contribution is -0.137. The number of nitrogens with one attached hydrogen (secondary N) is 1. The predicted molar refractivity (Wildman–Crippen MR) is 111 cm³/mol. The molecule has 6 nitrogen and oxygen atoms in total. The number of carbonyl (C=O) groups excluding carboxylic acids is 1. The lowest BCUT2D eigenvalue weighted by Gasteiger charge is -2.18. The Bertz CT molecular complexity index is 1150. The summed E-state index contributed by atoms with van der Waals surface area (Å²) in [5, 5.41) is 12.3. The lowest BCUT2D eigenvalue weighted by atomic mass is 10.0. The molecule has 2 N–H and O–H groups in total. The van der Waals surface area contributed by atoms with Gasteiger partial charge in [-0.2, -0.15) is 0 Å². The highest BCUT2D eigenvalue weighted by Gasteiger charge is 2.20. The van der Waals surface area contributed by atoms with Crippen LogP contribution in [-0.2, 0) is 4.79 Å². The van der Waals surface area contributed by atoms with Crippen LogP contribution in [0.15, 0.2) is 85.2 Å². The molecule has 1 atom stereocenters. The predicted octanol–water partition coefficient (Wildman–Crippen LogP) is 4.35. The Morgan fingerprint density at radius 3 is 2.34 bits per heavy atom. The molecule has 1 amide bonds. The van der Waals surface area contributed by atoms with Crippen molar-refractivity contribution in [3.63, 3.8) is 0 Å². The number of carbonyl (C=O) groups is 2. The smallest absolute Gasteiger partial charge is 0.305 e. The highest BCUT2D eigenvalue weighted by Crippen LogP contribution is 2.28. The fraction of sp³-hybridized carbons (Fsp3) is 0.0870. The largest absolute Gasteiger partial charge is 0.481 e. The minimum Gasteiger partial charge on any atom is -0.481 e. The number of hydrogen-bond acceptors (Lipinski definition) is 3. The highest BCUT2D eigenvalue weighted by atomic mass is 16.4. The summed E-state index contributed by atoms with van der Waals surface area (Å²) in [5.74, 6) is -1.10. The van der Waals surface area contributed by atoms with Gasteiger partial charge in [0.05, 0.1) is 29.8 Å². The maximum atomic E-state index is 12.5. The summed E-state index contributed by atoms with van der Waals surface area (Å²) >= 11 is 0. The second-order valence-electron chi connectivity index (χ2n) is 6.70. The van der Waals surface area contributed by atoms with Crippen LogP contribution in [0, 0.1) is 0 Å². The van der Waals surface area contributed by atoms with Gasteiger partial charge in [0.1, 0.15) is 0 Å². The van der Waals surface area contributed by atoms with E-state index >= 15 is 0 Å². The zero-order valence-electron chi connectivity index (χ0n) is 15.5. The molecule has 1 aromatic heterocycles. The second kappa shape index (κ2) is 7.98. The number of aromatic nitrogens is 2. The van der Waals surface area contributed by atoms with E-state index in [1.54, 1.807) is 24.5 Å². The first-order chi connectivity index (χ1) is 14.1. The van der Waals surface area contributed by atoms with Crippen molar-refractivity contribution < 1.29 is 14.7 Å². The molecular formula is C23H19N3O3. The number of fused-ring (bicyclic) bond motifs is 1. The zero-order valence-corrected chi connectivity index (χ0v) is 15.5. The monoisotopic (exact) mass is 385 g/mol. The van der Waals surface area contributed by atoms with Gasteiger partial charge >= 0.3 is 5.97 Å². The van der Waals surface area contributed by atoms with Crippen molar-refractivity contribution in [2.75, 3.05) is 5.32 Å². The van der Waals surface area contributed by atoms with E-state index in [0.717, 1.165) is 16.6 Å². The zero-order chi connectivity index (χ0) is 20.2. The molecule has 0 bridgehead atoms. The maximum absolute atomic E-state index is 12.5. The first-order valence-electron chi connectivity index (χ1n) is 9.21. The number of carboxylic acid groups (broad SMARTS) is 1. The number of aliphatic carboxylic acids is 1. The Hall–Kier alpha value is -3.93. The van der Waals surface area contributed by atoms with Gasteiger partial charge in [0, 0.05) is 11.3 Å². The van der Waals surface area contributed by atoms with E-state index in [4.69, 9.17) is 0 Å². The minimum atomic E-state index is -0.894. The number of benzene rings is 3. The van der Waals surface area contributed by atoms with Crippen molar-refractivity contribution in [3.8, 4) is 0 Å². The molecule has 0 saturated heterocycles. The van der Waals surface area contributed by atoms with Crippen LogP contribution in [-0.4, -0.2) is 26.5 Å². The Morgan fingerprint density at radius 2 is 1.66 bits per heavy atom. The summed E-state index contributed by atoms with van der Waals surface area (Å²) in [5.41, 5.74) is 3.55. The van der Waals surface area contributed by atoms with Gasteiger partial charge in [-0.25, -0.2) is 4.98 Å². The molecule has 6 heteroatoms.